The summed E-state index contributed by atoms with van der Waals surface area (Å²) < 4.78 is 5.40. The largest absolute Gasteiger partial charge is 0.378 e. The third kappa shape index (κ3) is 4.06. The molecule has 2 atom stereocenters. The minimum absolute atomic E-state index is 0.558. The number of rotatable bonds is 3. The molecule has 1 saturated heterocycles. The van der Waals surface area contributed by atoms with Crippen molar-refractivity contribution in [2.24, 2.45) is 5.92 Å². The predicted octanol–water partition coefficient (Wildman–Crippen LogP) is 2.69. The summed E-state index contributed by atoms with van der Waals surface area (Å²) in [6.07, 6.45) is 8.17. The van der Waals surface area contributed by atoms with Crippen LogP contribution in [0.25, 0.3) is 0 Å². The highest BCUT2D eigenvalue weighted by molar-refractivity contribution is 5.49. The van der Waals surface area contributed by atoms with E-state index < -0.39 is 0 Å². The van der Waals surface area contributed by atoms with Gasteiger partial charge in [0.25, 0.3) is 0 Å². The van der Waals surface area contributed by atoms with Gasteiger partial charge in [0.1, 0.15) is 18.0 Å². The summed E-state index contributed by atoms with van der Waals surface area (Å²) in [7, 11) is 0. The molecular formula is C16H26N4O. The molecule has 1 aliphatic heterocycles. The van der Waals surface area contributed by atoms with E-state index in [1.54, 1.807) is 6.33 Å². The normalized spacial score (nSPS) is 27.2. The first kappa shape index (κ1) is 14.6. The Kier molecular flexibility index (Phi) is 4.91. The van der Waals surface area contributed by atoms with E-state index in [4.69, 9.17) is 4.74 Å². The van der Waals surface area contributed by atoms with Crippen molar-refractivity contribution in [1.82, 2.24) is 9.97 Å². The summed E-state index contributed by atoms with van der Waals surface area (Å²) >= 11 is 0. The molecule has 1 aromatic heterocycles. The van der Waals surface area contributed by atoms with E-state index in [9.17, 15) is 0 Å². The van der Waals surface area contributed by atoms with E-state index in [1.807, 2.05) is 0 Å². The fraction of sp³-hybridized carbons (Fsp3) is 0.750. The molecule has 0 radical (unpaired) electrons. The molecule has 0 amide bonds. The van der Waals surface area contributed by atoms with Crippen LogP contribution in [0.15, 0.2) is 12.4 Å². The lowest BCUT2D eigenvalue weighted by molar-refractivity contribution is 0.122. The first-order chi connectivity index (χ1) is 10.3. The van der Waals surface area contributed by atoms with Crippen LogP contribution in [0.4, 0.5) is 11.6 Å². The zero-order chi connectivity index (χ0) is 14.5. The minimum atomic E-state index is 0.558. The molecule has 1 aromatic rings. The Hall–Kier alpha value is -1.36. The van der Waals surface area contributed by atoms with Gasteiger partial charge in [-0.1, -0.05) is 19.8 Å². The van der Waals surface area contributed by atoms with Crippen molar-refractivity contribution in [3.05, 3.63) is 12.4 Å². The molecule has 0 bridgehead atoms. The smallest absolute Gasteiger partial charge is 0.134 e. The summed E-state index contributed by atoms with van der Waals surface area (Å²) in [6, 6.07) is 2.64. The SMILES string of the molecule is CC1CCCC(Nc2cc(N3CCOCC3)ncn2)CC1. The second kappa shape index (κ2) is 7.07. The summed E-state index contributed by atoms with van der Waals surface area (Å²) in [5, 5.41) is 3.61. The molecule has 116 valence electrons. The molecule has 2 unspecified atom stereocenters. The van der Waals surface area contributed by atoms with Gasteiger partial charge in [-0.2, -0.15) is 0 Å². The Labute approximate surface area is 127 Å². The van der Waals surface area contributed by atoms with Gasteiger partial charge in [-0.3, -0.25) is 0 Å². The number of anilines is 2. The number of nitrogens with one attached hydrogen (secondary N) is 1. The maximum atomic E-state index is 5.40. The lowest BCUT2D eigenvalue weighted by Crippen LogP contribution is -2.36. The molecular weight excluding hydrogens is 264 g/mol. The van der Waals surface area contributed by atoms with Gasteiger partial charge in [0.2, 0.25) is 0 Å². The molecule has 2 heterocycles. The average Bonchev–Trinajstić information content (AvgIpc) is 2.73. The molecule has 0 aromatic carbocycles. The van der Waals surface area contributed by atoms with Crippen molar-refractivity contribution in [3.63, 3.8) is 0 Å². The van der Waals surface area contributed by atoms with E-state index in [1.165, 1.54) is 32.1 Å². The number of hydrogen-bond donors (Lipinski definition) is 1. The van der Waals surface area contributed by atoms with Crippen molar-refractivity contribution in [2.45, 2.75) is 45.1 Å². The molecule has 0 spiro atoms. The fourth-order valence-electron chi connectivity index (χ4n) is 3.23. The molecule has 1 aliphatic carbocycles. The summed E-state index contributed by atoms with van der Waals surface area (Å²) in [4.78, 5) is 11.1. The van der Waals surface area contributed by atoms with E-state index in [2.05, 4.69) is 33.2 Å². The molecule has 1 saturated carbocycles. The van der Waals surface area contributed by atoms with Gasteiger partial charge >= 0.3 is 0 Å². The van der Waals surface area contributed by atoms with Crippen LogP contribution in [-0.4, -0.2) is 42.3 Å². The van der Waals surface area contributed by atoms with Crippen LogP contribution in [0.1, 0.15) is 39.0 Å². The molecule has 2 fully saturated rings. The van der Waals surface area contributed by atoms with Crippen LogP contribution in [-0.2, 0) is 4.74 Å². The number of aromatic nitrogens is 2. The number of morpholine rings is 1. The molecule has 3 rings (SSSR count). The van der Waals surface area contributed by atoms with Crippen molar-refractivity contribution in [1.29, 1.82) is 0 Å². The van der Waals surface area contributed by atoms with Crippen LogP contribution < -0.4 is 10.2 Å². The number of hydrogen-bond acceptors (Lipinski definition) is 5. The van der Waals surface area contributed by atoms with Crippen LogP contribution in [0, 0.1) is 5.92 Å². The fourth-order valence-corrected chi connectivity index (χ4v) is 3.23. The Morgan fingerprint density at radius 2 is 2.00 bits per heavy atom. The van der Waals surface area contributed by atoms with Crippen molar-refractivity contribution < 1.29 is 4.74 Å². The lowest BCUT2D eigenvalue weighted by atomic mass is 10.0. The first-order valence-corrected chi connectivity index (χ1v) is 8.22. The Morgan fingerprint density at radius 1 is 1.14 bits per heavy atom. The minimum Gasteiger partial charge on any atom is -0.378 e. The maximum absolute atomic E-state index is 5.40. The third-order valence-corrected chi connectivity index (χ3v) is 4.60. The lowest BCUT2D eigenvalue weighted by Gasteiger charge is -2.28. The van der Waals surface area contributed by atoms with Crippen molar-refractivity contribution in [2.75, 3.05) is 36.5 Å². The van der Waals surface area contributed by atoms with Crippen LogP contribution in [0.3, 0.4) is 0 Å². The molecule has 5 nitrogen and oxygen atoms in total. The van der Waals surface area contributed by atoms with Gasteiger partial charge in [0.15, 0.2) is 0 Å². The molecule has 21 heavy (non-hydrogen) atoms. The summed E-state index contributed by atoms with van der Waals surface area (Å²) in [6.45, 7) is 5.76. The quantitative estimate of drug-likeness (QED) is 0.867. The third-order valence-electron chi connectivity index (χ3n) is 4.60. The molecule has 2 aliphatic rings. The molecule has 1 N–H and O–H groups in total. The monoisotopic (exact) mass is 290 g/mol. The van der Waals surface area contributed by atoms with Crippen molar-refractivity contribution >= 4 is 11.6 Å². The van der Waals surface area contributed by atoms with Gasteiger partial charge in [-0.15, -0.1) is 0 Å². The van der Waals surface area contributed by atoms with E-state index in [-0.39, 0.29) is 0 Å². The molecule has 5 heteroatoms. The van der Waals surface area contributed by atoms with E-state index in [0.29, 0.717) is 6.04 Å². The highest BCUT2D eigenvalue weighted by atomic mass is 16.5. The Bertz CT molecular complexity index is 448. The number of ether oxygens (including phenoxy) is 1. The maximum Gasteiger partial charge on any atom is 0.134 e. The summed E-state index contributed by atoms with van der Waals surface area (Å²) in [5.41, 5.74) is 0. The second-order valence-corrected chi connectivity index (χ2v) is 6.32. The van der Waals surface area contributed by atoms with E-state index >= 15 is 0 Å². The zero-order valence-corrected chi connectivity index (χ0v) is 12.9. The van der Waals surface area contributed by atoms with E-state index in [0.717, 1.165) is 43.9 Å². The van der Waals surface area contributed by atoms with Crippen molar-refractivity contribution in [3.8, 4) is 0 Å². The van der Waals surface area contributed by atoms with Gasteiger partial charge in [-0.05, 0) is 25.2 Å². The van der Waals surface area contributed by atoms with Crippen LogP contribution >= 0.6 is 0 Å². The van der Waals surface area contributed by atoms with Gasteiger partial charge < -0.3 is 15.0 Å². The van der Waals surface area contributed by atoms with Crippen LogP contribution in [0.2, 0.25) is 0 Å². The highest BCUT2D eigenvalue weighted by Crippen LogP contribution is 2.25. The van der Waals surface area contributed by atoms with Gasteiger partial charge in [0.05, 0.1) is 13.2 Å². The first-order valence-electron chi connectivity index (χ1n) is 8.22. The topological polar surface area (TPSA) is 50.3 Å². The average molecular weight is 290 g/mol. The summed E-state index contributed by atoms with van der Waals surface area (Å²) in [5.74, 6) is 2.84. The zero-order valence-electron chi connectivity index (χ0n) is 12.9. The van der Waals surface area contributed by atoms with Crippen LogP contribution in [0.5, 0.6) is 0 Å². The van der Waals surface area contributed by atoms with Gasteiger partial charge in [0, 0.05) is 25.2 Å². The Balaban J connectivity index is 1.62. The van der Waals surface area contributed by atoms with Gasteiger partial charge in [-0.25, -0.2) is 9.97 Å². The highest BCUT2D eigenvalue weighted by Gasteiger charge is 2.17. The second-order valence-electron chi connectivity index (χ2n) is 6.32. The predicted molar refractivity (Wildman–Crippen MR) is 84.7 cm³/mol. The Morgan fingerprint density at radius 3 is 2.86 bits per heavy atom. The standard InChI is InChI=1S/C16H26N4O/c1-13-3-2-4-14(6-5-13)19-15-11-16(18-12-17-15)20-7-9-21-10-8-20/h11-14H,2-10H2,1H3,(H,17,18,19). The number of nitrogens with zero attached hydrogens (tertiary/aromatic N) is 3.